The van der Waals surface area contributed by atoms with E-state index in [-0.39, 0.29) is 28.8 Å². The summed E-state index contributed by atoms with van der Waals surface area (Å²) in [6.07, 6.45) is 1.71. The summed E-state index contributed by atoms with van der Waals surface area (Å²) in [5, 5.41) is 6.36. The van der Waals surface area contributed by atoms with Crippen molar-refractivity contribution in [3.63, 3.8) is 0 Å². The molecule has 1 fully saturated rings. The largest absolute Gasteiger partial charge is 0.380 e. The van der Waals surface area contributed by atoms with Crippen LogP contribution in [-0.2, 0) is 10.0 Å². The van der Waals surface area contributed by atoms with E-state index in [4.69, 9.17) is 0 Å². The number of carbonyl (C=O) groups is 1. The Morgan fingerprint density at radius 3 is 2.45 bits per heavy atom. The fourth-order valence-electron chi connectivity index (χ4n) is 2.83. The highest BCUT2D eigenvalue weighted by Gasteiger charge is 2.28. The predicted molar refractivity (Wildman–Crippen MR) is 119 cm³/mol. The van der Waals surface area contributed by atoms with Crippen LogP contribution in [0.2, 0.25) is 0 Å². The van der Waals surface area contributed by atoms with Crippen LogP contribution in [0.1, 0.15) is 37.0 Å². The number of sulfonamides is 1. The molecule has 0 aromatic heterocycles. The van der Waals surface area contributed by atoms with Gasteiger partial charge in [-0.25, -0.2) is 13.1 Å². The molecular formula is C21H26BrN3O3S. The molecule has 3 rings (SSSR count). The Hall–Kier alpha value is -1.90. The third-order valence-electron chi connectivity index (χ3n) is 4.81. The van der Waals surface area contributed by atoms with Crippen LogP contribution in [-0.4, -0.2) is 33.0 Å². The van der Waals surface area contributed by atoms with Crippen LogP contribution in [0.25, 0.3) is 0 Å². The van der Waals surface area contributed by atoms with Gasteiger partial charge in [-0.15, -0.1) is 0 Å². The van der Waals surface area contributed by atoms with Crippen molar-refractivity contribution in [1.82, 2.24) is 10.0 Å². The van der Waals surface area contributed by atoms with Crippen LogP contribution in [0.4, 0.5) is 5.69 Å². The molecule has 1 atom stereocenters. The van der Waals surface area contributed by atoms with Gasteiger partial charge in [-0.3, -0.25) is 4.79 Å². The maximum atomic E-state index is 12.8. The van der Waals surface area contributed by atoms with Crippen LogP contribution in [0.15, 0.2) is 57.9 Å². The fraction of sp³-hybridized carbons (Fsp3) is 0.381. The number of rotatable bonds is 9. The first-order valence-corrected chi connectivity index (χ1v) is 12.0. The molecule has 1 amide bonds. The molecule has 0 bridgehead atoms. The first-order chi connectivity index (χ1) is 13.8. The first-order valence-electron chi connectivity index (χ1n) is 9.68. The second kappa shape index (κ2) is 9.28. The number of carbonyl (C=O) groups excluding carboxylic acids is 1. The van der Waals surface area contributed by atoms with Crippen molar-refractivity contribution in [1.29, 1.82) is 0 Å². The number of halogens is 1. The Kier molecular flexibility index (Phi) is 6.97. The van der Waals surface area contributed by atoms with Crippen molar-refractivity contribution in [2.75, 3.05) is 11.9 Å². The van der Waals surface area contributed by atoms with Gasteiger partial charge in [-0.1, -0.05) is 32.0 Å². The van der Waals surface area contributed by atoms with Crippen molar-refractivity contribution in [2.45, 2.75) is 43.7 Å². The summed E-state index contributed by atoms with van der Waals surface area (Å²) in [6.45, 7) is 4.58. The number of amides is 1. The van der Waals surface area contributed by atoms with Gasteiger partial charge in [-0.05, 0) is 65.0 Å². The summed E-state index contributed by atoms with van der Waals surface area (Å²) in [6, 6.07) is 14.4. The van der Waals surface area contributed by atoms with E-state index in [1.165, 1.54) is 12.1 Å². The lowest BCUT2D eigenvalue weighted by Gasteiger charge is -2.24. The molecule has 8 heteroatoms. The van der Waals surface area contributed by atoms with Gasteiger partial charge >= 0.3 is 0 Å². The Morgan fingerprint density at radius 1 is 1.14 bits per heavy atom. The lowest BCUT2D eigenvalue weighted by atomic mass is 10.0. The van der Waals surface area contributed by atoms with Crippen molar-refractivity contribution >= 4 is 37.5 Å². The van der Waals surface area contributed by atoms with E-state index in [0.29, 0.717) is 16.6 Å². The molecular weight excluding hydrogens is 454 g/mol. The lowest BCUT2D eigenvalue weighted by molar-refractivity contribution is 0.0949. The number of para-hydroxylation sites is 1. The van der Waals surface area contributed by atoms with Gasteiger partial charge in [0.25, 0.3) is 5.91 Å². The van der Waals surface area contributed by atoms with E-state index in [1.54, 1.807) is 6.07 Å². The minimum absolute atomic E-state index is 0.0109. The maximum absolute atomic E-state index is 12.8. The second-order valence-corrected chi connectivity index (χ2v) is 10.2. The van der Waals surface area contributed by atoms with Crippen molar-refractivity contribution < 1.29 is 13.2 Å². The highest BCUT2D eigenvalue weighted by molar-refractivity contribution is 9.10. The van der Waals surface area contributed by atoms with Gasteiger partial charge in [0.05, 0.1) is 10.5 Å². The van der Waals surface area contributed by atoms with E-state index < -0.39 is 10.0 Å². The monoisotopic (exact) mass is 479 g/mol. The van der Waals surface area contributed by atoms with Gasteiger partial charge in [0.1, 0.15) is 0 Å². The summed E-state index contributed by atoms with van der Waals surface area (Å²) >= 11 is 3.36. The van der Waals surface area contributed by atoms with Gasteiger partial charge in [0.2, 0.25) is 10.0 Å². The molecule has 0 spiro atoms. The average Bonchev–Trinajstić information content (AvgIpc) is 3.49. The van der Waals surface area contributed by atoms with E-state index in [9.17, 15) is 13.2 Å². The molecule has 1 aliphatic carbocycles. The normalized spacial score (nSPS) is 15.2. The number of hydrogen-bond acceptors (Lipinski definition) is 4. The molecule has 0 radical (unpaired) electrons. The quantitative estimate of drug-likeness (QED) is 0.510. The van der Waals surface area contributed by atoms with Crippen LogP contribution in [0, 0.1) is 5.92 Å². The first kappa shape index (κ1) is 21.8. The standard InChI is InChI=1S/C21H26BrN3O3S/c1-14(2)20(24-15-6-4-3-5-7-15)13-23-21(26)18-12-17(10-11-19(18)22)29(27,28)25-16-8-9-16/h3-7,10-12,14,16,20,24-25H,8-9,13H2,1-2H3,(H,23,26). The average molecular weight is 480 g/mol. The number of anilines is 1. The molecule has 156 valence electrons. The molecule has 0 saturated heterocycles. The zero-order chi connectivity index (χ0) is 21.0. The Balaban J connectivity index is 1.69. The lowest BCUT2D eigenvalue weighted by Crippen LogP contribution is -2.39. The zero-order valence-corrected chi connectivity index (χ0v) is 18.9. The topological polar surface area (TPSA) is 87.3 Å². The molecule has 1 aliphatic rings. The number of benzene rings is 2. The van der Waals surface area contributed by atoms with Gasteiger partial charge in [0.15, 0.2) is 0 Å². The van der Waals surface area contributed by atoms with Crippen LogP contribution in [0.3, 0.4) is 0 Å². The van der Waals surface area contributed by atoms with Crippen LogP contribution in [0.5, 0.6) is 0 Å². The Morgan fingerprint density at radius 2 is 1.83 bits per heavy atom. The fourth-order valence-corrected chi connectivity index (χ4v) is 4.59. The molecule has 1 saturated carbocycles. The minimum atomic E-state index is -3.62. The molecule has 3 N–H and O–H groups in total. The van der Waals surface area contributed by atoms with E-state index >= 15 is 0 Å². The Labute approximate surface area is 180 Å². The van der Waals surface area contributed by atoms with Gasteiger partial charge < -0.3 is 10.6 Å². The van der Waals surface area contributed by atoms with Crippen molar-refractivity contribution in [3.05, 3.63) is 58.6 Å². The van der Waals surface area contributed by atoms with E-state index in [1.807, 2.05) is 30.3 Å². The molecule has 0 aliphatic heterocycles. The zero-order valence-electron chi connectivity index (χ0n) is 16.5. The minimum Gasteiger partial charge on any atom is -0.380 e. The summed E-state index contributed by atoms with van der Waals surface area (Å²) in [5.74, 6) is -0.0331. The molecule has 2 aromatic rings. The molecule has 2 aromatic carbocycles. The summed E-state index contributed by atoms with van der Waals surface area (Å²) in [4.78, 5) is 12.9. The molecule has 29 heavy (non-hydrogen) atoms. The smallest absolute Gasteiger partial charge is 0.252 e. The van der Waals surface area contributed by atoms with Crippen molar-refractivity contribution in [2.24, 2.45) is 5.92 Å². The number of hydrogen-bond donors (Lipinski definition) is 3. The Bertz CT molecular complexity index is 960. The summed E-state index contributed by atoms with van der Waals surface area (Å²) < 4.78 is 28.1. The summed E-state index contributed by atoms with van der Waals surface area (Å²) in [5.41, 5.74) is 1.28. The number of nitrogens with one attached hydrogen (secondary N) is 3. The van der Waals surface area contributed by atoms with Crippen molar-refractivity contribution in [3.8, 4) is 0 Å². The SMILES string of the molecule is CC(C)C(CNC(=O)c1cc(S(=O)(=O)NC2CC2)ccc1Br)Nc1ccccc1. The maximum Gasteiger partial charge on any atom is 0.252 e. The predicted octanol–water partition coefficient (Wildman–Crippen LogP) is 3.76. The molecule has 1 unspecified atom stereocenters. The van der Waals surface area contributed by atoms with Gasteiger partial charge in [0, 0.05) is 28.8 Å². The summed E-state index contributed by atoms with van der Waals surface area (Å²) in [7, 11) is -3.62. The van der Waals surface area contributed by atoms with Gasteiger partial charge in [-0.2, -0.15) is 0 Å². The van der Waals surface area contributed by atoms with Crippen LogP contribution >= 0.6 is 15.9 Å². The third kappa shape index (κ3) is 6.04. The van der Waals surface area contributed by atoms with E-state index in [2.05, 4.69) is 45.1 Å². The third-order valence-corrected chi connectivity index (χ3v) is 7.01. The second-order valence-electron chi connectivity index (χ2n) is 7.61. The van der Waals surface area contributed by atoms with Crippen LogP contribution < -0.4 is 15.4 Å². The highest BCUT2D eigenvalue weighted by Crippen LogP contribution is 2.25. The molecule has 0 heterocycles. The highest BCUT2D eigenvalue weighted by atomic mass is 79.9. The van der Waals surface area contributed by atoms with E-state index in [0.717, 1.165) is 18.5 Å². The molecule has 6 nitrogen and oxygen atoms in total.